The Labute approximate surface area is 188 Å². The molecular formula is C22H21N5O2S2. The molecule has 7 nitrogen and oxygen atoms in total. The molecule has 0 aliphatic heterocycles. The monoisotopic (exact) mass is 451 g/mol. The Balaban J connectivity index is 1.44. The molecule has 2 aromatic heterocycles. The van der Waals surface area contributed by atoms with Crippen LogP contribution in [0.5, 0.6) is 5.75 Å². The summed E-state index contributed by atoms with van der Waals surface area (Å²) in [6.07, 6.45) is 0. The van der Waals surface area contributed by atoms with Crippen LogP contribution in [0.15, 0.2) is 65.1 Å². The number of para-hydroxylation sites is 1. The first kappa shape index (κ1) is 21.1. The van der Waals surface area contributed by atoms with E-state index in [2.05, 4.69) is 20.5 Å². The van der Waals surface area contributed by atoms with Gasteiger partial charge in [0.1, 0.15) is 5.75 Å². The standard InChI is InChI=1S/C22H21N5O2S2/c1-14(20(28)24-21-23-17(13-30-21)15-9-5-4-6-10-15)31-22-26-25-19(27(22)2)16-11-7-8-12-18(16)29-3/h4-14H,1-3H3,(H,23,24,28). The summed E-state index contributed by atoms with van der Waals surface area (Å²) in [6.45, 7) is 1.84. The van der Waals surface area contributed by atoms with Gasteiger partial charge in [0.05, 0.1) is 23.6 Å². The first-order valence-corrected chi connectivity index (χ1v) is 11.3. The zero-order chi connectivity index (χ0) is 21.8. The molecule has 0 saturated heterocycles. The van der Waals surface area contributed by atoms with E-state index in [1.54, 1.807) is 7.11 Å². The number of anilines is 1. The molecule has 4 rings (SSSR count). The number of thiazole rings is 1. The van der Waals surface area contributed by atoms with Gasteiger partial charge in [-0.15, -0.1) is 21.5 Å². The van der Waals surface area contributed by atoms with Gasteiger partial charge in [0.2, 0.25) is 5.91 Å². The number of amides is 1. The van der Waals surface area contributed by atoms with Crippen LogP contribution in [-0.4, -0.2) is 38.0 Å². The Hall–Kier alpha value is -3.17. The molecule has 0 radical (unpaired) electrons. The fraction of sp³-hybridized carbons (Fsp3) is 0.182. The van der Waals surface area contributed by atoms with Gasteiger partial charge >= 0.3 is 0 Å². The van der Waals surface area contributed by atoms with E-state index in [0.717, 1.165) is 22.6 Å². The van der Waals surface area contributed by atoms with Gasteiger partial charge in [0.15, 0.2) is 16.1 Å². The number of aromatic nitrogens is 4. The van der Waals surface area contributed by atoms with Crippen molar-refractivity contribution in [3.8, 4) is 28.4 Å². The molecule has 0 spiro atoms. The van der Waals surface area contributed by atoms with Gasteiger partial charge in [-0.05, 0) is 19.1 Å². The third-order valence-corrected chi connectivity index (χ3v) is 6.53. The van der Waals surface area contributed by atoms with Crippen molar-refractivity contribution >= 4 is 34.1 Å². The van der Waals surface area contributed by atoms with Gasteiger partial charge in [-0.1, -0.05) is 54.2 Å². The predicted molar refractivity (Wildman–Crippen MR) is 124 cm³/mol. The number of benzene rings is 2. The fourth-order valence-electron chi connectivity index (χ4n) is 2.97. The van der Waals surface area contributed by atoms with Gasteiger partial charge < -0.3 is 14.6 Å². The van der Waals surface area contributed by atoms with E-state index in [9.17, 15) is 4.79 Å². The lowest BCUT2D eigenvalue weighted by molar-refractivity contribution is -0.115. The van der Waals surface area contributed by atoms with E-state index in [1.807, 2.05) is 78.5 Å². The van der Waals surface area contributed by atoms with Crippen molar-refractivity contribution in [1.82, 2.24) is 19.7 Å². The third-order valence-electron chi connectivity index (χ3n) is 4.64. The Bertz CT molecular complexity index is 1190. The highest BCUT2D eigenvalue weighted by Gasteiger charge is 2.21. The molecule has 31 heavy (non-hydrogen) atoms. The van der Waals surface area contributed by atoms with Gasteiger partial charge in [0, 0.05) is 18.0 Å². The van der Waals surface area contributed by atoms with Crippen LogP contribution in [0.2, 0.25) is 0 Å². The number of ether oxygens (including phenoxy) is 1. The van der Waals surface area contributed by atoms with Crippen LogP contribution in [0, 0.1) is 0 Å². The maximum absolute atomic E-state index is 12.7. The van der Waals surface area contributed by atoms with Crippen LogP contribution in [0.4, 0.5) is 5.13 Å². The normalized spacial score (nSPS) is 11.8. The third kappa shape index (κ3) is 4.62. The van der Waals surface area contributed by atoms with Crippen LogP contribution < -0.4 is 10.1 Å². The SMILES string of the molecule is COc1ccccc1-c1nnc(SC(C)C(=O)Nc2nc(-c3ccccc3)cs2)n1C. The van der Waals surface area contributed by atoms with Crippen molar-refractivity contribution in [2.24, 2.45) is 7.05 Å². The van der Waals surface area contributed by atoms with Crippen molar-refractivity contribution in [2.45, 2.75) is 17.3 Å². The Morgan fingerprint density at radius 2 is 1.87 bits per heavy atom. The van der Waals surface area contributed by atoms with Crippen molar-refractivity contribution in [1.29, 1.82) is 0 Å². The minimum absolute atomic E-state index is 0.138. The minimum atomic E-state index is -0.377. The number of carbonyl (C=O) groups excluding carboxylic acids is 1. The molecule has 1 unspecified atom stereocenters. The summed E-state index contributed by atoms with van der Waals surface area (Å²) < 4.78 is 7.29. The van der Waals surface area contributed by atoms with Crippen LogP contribution in [0.1, 0.15) is 6.92 Å². The maximum atomic E-state index is 12.7. The summed E-state index contributed by atoms with van der Waals surface area (Å²) in [4.78, 5) is 17.2. The van der Waals surface area contributed by atoms with E-state index >= 15 is 0 Å². The molecule has 9 heteroatoms. The summed E-state index contributed by atoms with van der Waals surface area (Å²) in [6, 6.07) is 17.5. The predicted octanol–water partition coefficient (Wildman–Crippen LogP) is 4.73. The summed E-state index contributed by atoms with van der Waals surface area (Å²) in [5, 5.41) is 14.2. The largest absolute Gasteiger partial charge is 0.496 e. The lowest BCUT2D eigenvalue weighted by Crippen LogP contribution is -2.22. The number of carbonyl (C=O) groups is 1. The molecule has 2 heterocycles. The average Bonchev–Trinajstić information content (AvgIpc) is 3.41. The quantitative estimate of drug-likeness (QED) is 0.409. The summed E-state index contributed by atoms with van der Waals surface area (Å²) in [7, 11) is 3.50. The number of hydrogen-bond acceptors (Lipinski definition) is 7. The van der Waals surface area contributed by atoms with Gasteiger partial charge in [-0.2, -0.15) is 0 Å². The topological polar surface area (TPSA) is 81.9 Å². The van der Waals surface area contributed by atoms with Crippen LogP contribution in [0.3, 0.4) is 0 Å². The summed E-state index contributed by atoms with van der Waals surface area (Å²) in [5.74, 6) is 1.26. The van der Waals surface area contributed by atoms with Crippen molar-refractivity contribution < 1.29 is 9.53 Å². The average molecular weight is 452 g/mol. The second-order valence-electron chi connectivity index (χ2n) is 6.72. The minimum Gasteiger partial charge on any atom is -0.496 e. The van der Waals surface area contributed by atoms with Crippen molar-refractivity contribution in [3.63, 3.8) is 0 Å². The highest BCUT2D eigenvalue weighted by Crippen LogP contribution is 2.31. The number of hydrogen-bond donors (Lipinski definition) is 1. The van der Waals surface area contributed by atoms with Gasteiger partial charge in [-0.3, -0.25) is 4.79 Å². The molecule has 4 aromatic rings. The van der Waals surface area contributed by atoms with E-state index in [1.165, 1.54) is 23.1 Å². The van der Waals surface area contributed by atoms with Crippen LogP contribution >= 0.6 is 23.1 Å². The number of methoxy groups -OCH3 is 1. The Morgan fingerprint density at radius 1 is 1.13 bits per heavy atom. The van der Waals surface area contributed by atoms with E-state index in [4.69, 9.17) is 4.74 Å². The maximum Gasteiger partial charge on any atom is 0.239 e. The smallest absolute Gasteiger partial charge is 0.239 e. The molecule has 1 amide bonds. The first-order valence-electron chi connectivity index (χ1n) is 9.58. The van der Waals surface area contributed by atoms with Gasteiger partial charge in [-0.25, -0.2) is 4.98 Å². The Morgan fingerprint density at radius 3 is 2.65 bits per heavy atom. The summed E-state index contributed by atoms with van der Waals surface area (Å²) >= 11 is 2.75. The number of nitrogens with zero attached hydrogens (tertiary/aromatic N) is 4. The second-order valence-corrected chi connectivity index (χ2v) is 8.88. The van der Waals surface area contributed by atoms with Crippen molar-refractivity contribution in [3.05, 3.63) is 60.0 Å². The molecule has 0 aliphatic carbocycles. The fourth-order valence-corrected chi connectivity index (χ4v) is 4.51. The molecular weight excluding hydrogens is 430 g/mol. The molecule has 0 bridgehead atoms. The molecule has 1 N–H and O–H groups in total. The first-order chi connectivity index (χ1) is 15.1. The highest BCUT2D eigenvalue weighted by molar-refractivity contribution is 8.00. The number of thioether (sulfide) groups is 1. The number of rotatable bonds is 7. The molecule has 0 saturated carbocycles. The zero-order valence-corrected chi connectivity index (χ0v) is 18.9. The molecule has 0 fully saturated rings. The van der Waals surface area contributed by atoms with E-state index in [0.29, 0.717) is 16.1 Å². The van der Waals surface area contributed by atoms with E-state index < -0.39 is 0 Å². The van der Waals surface area contributed by atoms with Crippen LogP contribution in [0.25, 0.3) is 22.6 Å². The Kier molecular flexibility index (Phi) is 6.34. The lowest BCUT2D eigenvalue weighted by atomic mass is 10.2. The highest BCUT2D eigenvalue weighted by atomic mass is 32.2. The molecule has 2 aromatic carbocycles. The van der Waals surface area contributed by atoms with Crippen LogP contribution in [-0.2, 0) is 11.8 Å². The number of nitrogens with one attached hydrogen (secondary N) is 1. The molecule has 158 valence electrons. The lowest BCUT2D eigenvalue weighted by Gasteiger charge is -2.11. The van der Waals surface area contributed by atoms with Gasteiger partial charge in [0.25, 0.3) is 0 Å². The van der Waals surface area contributed by atoms with Crippen molar-refractivity contribution in [2.75, 3.05) is 12.4 Å². The summed E-state index contributed by atoms with van der Waals surface area (Å²) in [5.41, 5.74) is 2.71. The van der Waals surface area contributed by atoms with E-state index in [-0.39, 0.29) is 11.2 Å². The zero-order valence-electron chi connectivity index (χ0n) is 17.3. The molecule has 1 atom stereocenters. The molecule has 0 aliphatic rings. The second kappa shape index (κ2) is 9.32.